The van der Waals surface area contributed by atoms with E-state index in [1.807, 2.05) is 30.3 Å². The third-order valence-electron chi connectivity index (χ3n) is 7.41. The Bertz CT molecular complexity index is 1880. The molecule has 0 spiro atoms. The maximum atomic E-state index is 5.30. The van der Waals surface area contributed by atoms with E-state index in [9.17, 15) is 0 Å². The minimum atomic E-state index is -0.155. The van der Waals surface area contributed by atoms with Crippen LogP contribution in [0.15, 0.2) is 97.1 Å². The lowest BCUT2D eigenvalue weighted by molar-refractivity contribution is 0.570. The fraction of sp³-hybridized carbons (Fsp3) is 0.243. The van der Waals surface area contributed by atoms with E-state index in [0.29, 0.717) is 0 Å². The van der Waals surface area contributed by atoms with Gasteiger partial charge in [0.25, 0.3) is 0 Å². The van der Waals surface area contributed by atoms with Crippen molar-refractivity contribution in [1.82, 2.24) is 19.9 Å². The lowest BCUT2D eigenvalue weighted by Crippen LogP contribution is -2.17. The van der Waals surface area contributed by atoms with E-state index < -0.39 is 0 Å². The van der Waals surface area contributed by atoms with E-state index in [-0.39, 0.29) is 10.8 Å². The molecule has 2 heterocycles. The normalized spacial score (nSPS) is 12.2. The molecule has 0 radical (unpaired) electrons. The molecule has 0 N–H and O–H groups in total. The third-order valence-corrected chi connectivity index (χ3v) is 7.41. The molecule has 0 fully saturated rings. The van der Waals surface area contributed by atoms with Crippen LogP contribution in [0.1, 0.15) is 64.1 Å². The summed E-state index contributed by atoms with van der Waals surface area (Å²) in [5.74, 6) is 0. The van der Waals surface area contributed by atoms with Gasteiger partial charge in [-0.15, -0.1) is 0 Å². The fourth-order valence-corrected chi connectivity index (χ4v) is 5.37. The minimum absolute atomic E-state index is 0.145. The number of aromatic nitrogens is 4. The maximum Gasteiger partial charge on any atom is 0.0930 e. The molecule has 4 nitrogen and oxygen atoms in total. The zero-order chi connectivity index (χ0) is 28.8. The fourth-order valence-electron chi connectivity index (χ4n) is 5.37. The van der Waals surface area contributed by atoms with Crippen LogP contribution in [0.5, 0.6) is 0 Å². The second-order valence-electron chi connectivity index (χ2n) is 12.9. The highest BCUT2D eigenvalue weighted by atomic mass is 14.9. The molecule has 0 atom stereocenters. The van der Waals surface area contributed by atoms with Crippen molar-refractivity contribution in [3.05, 3.63) is 120 Å². The first-order valence-corrected chi connectivity index (χ1v) is 14.3. The van der Waals surface area contributed by atoms with E-state index >= 15 is 0 Å². The Morgan fingerprint density at radius 3 is 1.73 bits per heavy atom. The van der Waals surface area contributed by atoms with E-state index in [4.69, 9.17) is 19.9 Å². The van der Waals surface area contributed by atoms with Gasteiger partial charge >= 0.3 is 0 Å². The number of para-hydroxylation sites is 3. The summed E-state index contributed by atoms with van der Waals surface area (Å²) in [6, 6.07) is 33.5. The van der Waals surface area contributed by atoms with E-state index in [1.165, 1.54) is 5.56 Å². The number of rotatable bonds is 4. The molecule has 0 aliphatic carbocycles. The summed E-state index contributed by atoms with van der Waals surface area (Å²) < 4.78 is 0. The summed E-state index contributed by atoms with van der Waals surface area (Å²) in [4.78, 5) is 20.6. The number of nitrogens with zero attached hydrogens (tertiary/aromatic N) is 4. The Hall–Kier alpha value is -4.44. The molecule has 41 heavy (non-hydrogen) atoms. The first-order chi connectivity index (χ1) is 19.6. The number of hydrogen-bond donors (Lipinski definition) is 0. The monoisotopic (exact) mass is 536 g/mol. The second kappa shape index (κ2) is 10.2. The van der Waals surface area contributed by atoms with E-state index in [0.717, 1.165) is 68.0 Å². The summed E-state index contributed by atoms with van der Waals surface area (Å²) in [6.07, 6.45) is 0.750. The van der Waals surface area contributed by atoms with Crippen LogP contribution in [0.25, 0.3) is 44.6 Å². The standard InChI is InChI=1S/C37H36N4/c1-36(2,3)34-33(38-28-19-10-11-20-29(28)40-34)27-17-12-14-24(23-27)22-26-18-13-21-30-31(26)41-35(37(4,5)6)32(39-30)25-15-8-7-9-16-25/h7-21,23H,22H2,1-6H3. The summed E-state index contributed by atoms with van der Waals surface area (Å²) in [5.41, 5.74) is 11.9. The molecular weight excluding hydrogens is 500 g/mol. The van der Waals surface area contributed by atoms with Crippen LogP contribution in [0.3, 0.4) is 0 Å². The molecule has 0 aliphatic heterocycles. The second-order valence-corrected chi connectivity index (χ2v) is 12.9. The largest absolute Gasteiger partial charge is 0.248 e. The van der Waals surface area contributed by atoms with Crippen molar-refractivity contribution in [2.24, 2.45) is 0 Å². The van der Waals surface area contributed by atoms with Gasteiger partial charge in [0.2, 0.25) is 0 Å². The van der Waals surface area contributed by atoms with Gasteiger partial charge in [0.1, 0.15) is 0 Å². The molecule has 0 bridgehead atoms. The van der Waals surface area contributed by atoms with Crippen molar-refractivity contribution in [2.45, 2.75) is 58.8 Å². The molecule has 6 rings (SSSR count). The van der Waals surface area contributed by atoms with Crippen molar-refractivity contribution < 1.29 is 0 Å². The maximum absolute atomic E-state index is 5.30. The van der Waals surface area contributed by atoms with Crippen LogP contribution in [-0.4, -0.2) is 19.9 Å². The lowest BCUT2D eigenvalue weighted by atomic mass is 9.87. The van der Waals surface area contributed by atoms with Crippen LogP contribution in [-0.2, 0) is 17.3 Å². The van der Waals surface area contributed by atoms with Crippen LogP contribution in [0.2, 0.25) is 0 Å². The first-order valence-electron chi connectivity index (χ1n) is 14.3. The van der Waals surface area contributed by atoms with Crippen molar-refractivity contribution in [2.75, 3.05) is 0 Å². The third kappa shape index (κ3) is 5.35. The van der Waals surface area contributed by atoms with Gasteiger partial charge in [-0.2, -0.15) is 0 Å². The Balaban J connectivity index is 1.45. The average molecular weight is 537 g/mol. The van der Waals surface area contributed by atoms with Gasteiger partial charge in [-0.1, -0.05) is 114 Å². The smallest absolute Gasteiger partial charge is 0.0930 e. The molecule has 0 saturated carbocycles. The van der Waals surface area contributed by atoms with Crippen LogP contribution in [0.4, 0.5) is 0 Å². The zero-order valence-corrected chi connectivity index (χ0v) is 24.7. The number of fused-ring (bicyclic) bond motifs is 2. The Morgan fingerprint density at radius 2 is 1.02 bits per heavy atom. The van der Waals surface area contributed by atoms with Crippen LogP contribution in [0, 0.1) is 0 Å². The first kappa shape index (κ1) is 26.8. The van der Waals surface area contributed by atoms with Crippen LogP contribution < -0.4 is 0 Å². The van der Waals surface area contributed by atoms with Crippen LogP contribution >= 0.6 is 0 Å². The predicted molar refractivity (Wildman–Crippen MR) is 170 cm³/mol. The van der Waals surface area contributed by atoms with Crippen molar-refractivity contribution in [3.8, 4) is 22.5 Å². The van der Waals surface area contributed by atoms with Gasteiger partial charge in [0, 0.05) is 22.0 Å². The molecule has 204 valence electrons. The summed E-state index contributed by atoms with van der Waals surface area (Å²) in [6.45, 7) is 13.2. The summed E-state index contributed by atoms with van der Waals surface area (Å²) >= 11 is 0. The number of hydrogen-bond acceptors (Lipinski definition) is 4. The highest BCUT2D eigenvalue weighted by molar-refractivity contribution is 5.83. The SMILES string of the molecule is CC(C)(C)c1nc2ccccc2nc1-c1cccc(Cc2cccc3nc(-c4ccccc4)c(C(C)(C)C)nc23)c1. The highest BCUT2D eigenvalue weighted by Gasteiger charge is 2.25. The molecular formula is C37H36N4. The van der Waals surface area contributed by atoms with Gasteiger partial charge in [-0.25, -0.2) is 19.9 Å². The lowest BCUT2D eigenvalue weighted by Gasteiger charge is -2.22. The molecule has 6 aromatic rings. The molecule has 0 amide bonds. The van der Waals surface area contributed by atoms with E-state index in [2.05, 4.69) is 108 Å². The average Bonchev–Trinajstić information content (AvgIpc) is 2.96. The van der Waals surface area contributed by atoms with Gasteiger partial charge < -0.3 is 0 Å². The minimum Gasteiger partial charge on any atom is -0.248 e. The number of benzene rings is 4. The Labute approximate surface area is 242 Å². The van der Waals surface area contributed by atoms with Gasteiger partial charge in [0.05, 0.1) is 44.8 Å². The molecule has 0 unspecified atom stereocenters. The Kier molecular flexibility index (Phi) is 6.65. The predicted octanol–water partition coefficient (Wildman–Crippen LogP) is 9.09. The Morgan fingerprint density at radius 1 is 0.488 bits per heavy atom. The van der Waals surface area contributed by atoms with Crippen molar-refractivity contribution in [3.63, 3.8) is 0 Å². The molecule has 4 heteroatoms. The van der Waals surface area contributed by atoms with Crippen molar-refractivity contribution in [1.29, 1.82) is 0 Å². The quantitative estimate of drug-likeness (QED) is 0.225. The molecule has 0 saturated heterocycles. The van der Waals surface area contributed by atoms with E-state index in [1.54, 1.807) is 0 Å². The summed E-state index contributed by atoms with van der Waals surface area (Å²) in [5, 5.41) is 0. The highest BCUT2D eigenvalue weighted by Crippen LogP contribution is 2.35. The van der Waals surface area contributed by atoms with Gasteiger partial charge in [-0.3, -0.25) is 0 Å². The molecule has 2 aromatic heterocycles. The van der Waals surface area contributed by atoms with Gasteiger partial charge in [0.15, 0.2) is 0 Å². The van der Waals surface area contributed by atoms with Crippen molar-refractivity contribution >= 4 is 22.1 Å². The topological polar surface area (TPSA) is 51.6 Å². The zero-order valence-electron chi connectivity index (χ0n) is 24.7. The molecule has 4 aromatic carbocycles. The summed E-state index contributed by atoms with van der Waals surface area (Å²) in [7, 11) is 0. The van der Waals surface area contributed by atoms with Gasteiger partial charge in [-0.05, 0) is 41.8 Å². The molecule has 0 aliphatic rings.